The van der Waals surface area contributed by atoms with Gasteiger partial charge in [-0.1, -0.05) is 12.1 Å². The lowest BCUT2D eigenvalue weighted by molar-refractivity contribution is -0.132. The molecule has 1 aromatic rings. The molecule has 1 aromatic carbocycles. The highest BCUT2D eigenvalue weighted by molar-refractivity contribution is 5.95. The molecule has 0 aromatic heterocycles. The van der Waals surface area contributed by atoms with Crippen molar-refractivity contribution in [3.63, 3.8) is 0 Å². The Morgan fingerprint density at radius 1 is 1.27 bits per heavy atom. The molecule has 142 valence electrons. The van der Waals surface area contributed by atoms with Gasteiger partial charge in [0.05, 0.1) is 19.1 Å². The Kier molecular flexibility index (Phi) is 6.24. The van der Waals surface area contributed by atoms with Crippen molar-refractivity contribution in [3.8, 4) is 0 Å². The molecule has 2 N–H and O–H groups in total. The van der Waals surface area contributed by atoms with Crippen LogP contribution in [0.1, 0.15) is 12.5 Å². The van der Waals surface area contributed by atoms with Gasteiger partial charge in [0.1, 0.15) is 6.04 Å². The molecule has 7 nitrogen and oxygen atoms in total. The van der Waals surface area contributed by atoms with Crippen molar-refractivity contribution >= 4 is 17.5 Å². The number of ether oxygens (including phenoxy) is 1. The number of nitrogens with zero attached hydrogens (tertiary/aromatic N) is 2. The van der Waals surface area contributed by atoms with E-state index in [1.807, 2.05) is 36.1 Å². The monoisotopic (exact) mass is 360 g/mol. The first kappa shape index (κ1) is 18.8. The molecule has 2 aliphatic heterocycles. The summed E-state index contributed by atoms with van der Waals surface area (Å²) in [7, 11) is 2.07. The Labute approximate surface area is 154 Å². The molecule has 3 rings (SSSR count). The fraction of sp³-hybridized carbons (Fsp3) is 0.579. The van der Waals surface area contributed by atoms with Gasteiger partial charge in [0.15, 0.2) is 0 Å². The summed E-state index contributed by atoms with van der Waals surface area (Å²) in [6, 6.07) is 7.15. The lowest BCUT2D eigenvalue weighted by Gasteiger charge is -2.32. The van der Waals surface area contributed by atoms with E-state index in [4.69, 9.17) is 4.74 Å². The molecule has 0 spiro atoms. The van der Waals surface area contributed by atoms with Gasteiger partial charge in [-0.15, -0.1) is 0 Å². The van der Waals surface area contributed by atoms with Crippen LogP contribution in [0.2, 0.25) is 0 Å². The molecular weight excluding hydrogens is 332 g/mol. The standard InChI is InChI=1S/C19H28N4O3/c1-14-18(20-6-11-26-14)19(25)21-16-5-3-4-15(12-16)13-17(24)23-9-7-22(2)8-10-23/h3-5,12,14,18,20H,6-11,13H2,1-2H3,(H,21,25)/t14-,18+/m1/s1. The van der Waals surface area contributed by atoms with Gasteiger partial charge in [-0.05, 0) is 31.7 Å². The zero-order valence-corrected chi connectivity index (χ0v) is 15.5. The van der Waals surface area contributed by atoms with E-state index in [0.717, 1.165) is 31.7 Å². The first-order chi connectivity index (χ1) is 12.5. The molecule has 2 fully saturated rings. The fourth-order valence-corrected chi connectivity index (χ4v) is 3.35. The van der Waals surface area contributed by atoms with Crippen molar-refractivity contribution in [3.05, 3.63) is 29.8 Å². The predicted molar refractivity (Wildman–Crippen MR) is 100 cm³/mol. The summed E-state index contributed by atoms with van der Waals surface area (Å²) >= 11 is 0. The number of rotatable bonds is 4. The minimum atomic E-state index is -0.362. The van der Waals surface area contributed by atoms with E-state index >= 15 is 0 Å². The van der Waals surface area contributed by atoms with E-state index in [1.165, 1.54) is 0 Å². The predicted octanol–water partition coefficient (Wildman–Crippen LogP) is 0.319. The maximum atomic E-state index is 12.5. The second kappa shape index (κ2) is 8.62. The molecule has 2 amide bonds. The molecule has 0 radical (unpaired) electrons. The number of nitrogens with one attached hydrogen (secondary N) is 2. The number of amides is 2. The van der Waals surface area contributed by atoms with Crippen LogP contribution < -0.4 is 10.6 Å². The molecule has 0 saturated carbocycles. The Morgan fingerprint density at radius 3 is 2.77 bits per heavy atom. The Balaban J connectivity index is 1.57. The summed E-state index contributed by atoms with van der Waals surface area (Å²) in [6.45, 7) is 6.55. The number of anilines is 1. The van der Waals surface area contributed by atoms with Gasteiger partial charge in [0, 0.05) is 38.4 Å². The minimum Gasteiger partial charge on any atom is -0.375 e. The zero-order chi connectivity index (χ0) is 18.5. The van der Waals surface area contributed by atoms with E-state index in [0.29, 0.717) is 25.3 Å². The molecular formula is C19H28N4O3. The molecule has 0 unspecified atom stereocenters. The second-order valence-electron chi connectivity index (χ2n) is 7.06. The van der Waals surface area contributed by atoms with E-state index in [-0.39, 0.29) is 24.0 Å². The highest BCUT2D eigenvalue weighted by Crippen LogP contribution is 2.14. The van der Waals surface area contributed by atoms with Crippen LogP contribution in [0.5, 0.6) is 0 Å². The molecule has 2 heterocycles. The average molecular weight is 360 g/mol. The number of hydrogen-bond donors (Lipinski definition) is 2. The van der Waals surface area contributed by atoms with Crippen LogP contribution in [-0.2, 0) is 20.7 Å². The number of likely N-dealkylation sites (N-methyl/N-ethyl adjacent to an activating group) is 1. The molecule has 2 saturated heterocycles. The second-order valence-corrected chi connectivity index (χ2v) is 7.06. The lowest BCUT2D eigenvalue weighted by Crippen LogP contribution is -2.53. The maximum Gasteiger partial charge on any atom is 0.244 e. The summed E-state index contributed by atoms with van der Waals surface area (Å²) < 4.78 is 5.52. The molecule has 2 atom stereocenters. The van der Waals surface area contributed by atoms with Crippen LogP contribution in [0.15, 0.2) is 24.3 Å². The number of hydrogen-bond acceptors (Lipinski definition) is 5. The average Bonchev–Trinajstić information content (AvgIpc) is 2.63. The number of carbonyl (C=O) groups is 2. The molecule has 2 aliphatic rings. The van der Waals surface area contributed by atoms with Crippen LogP contribution in [-0.4, -0.2) is 80.1 Å². The third kappa shape index (κ3) is 4.81. The first-order valence-corrected chi connectivity index (χ1v) is 9.24. The Hall–Kier alpha value is -1.96. The third-order valence-corrected chi connectivity index (χ3v) is 5.00. The topological polar surface area (TPSA) is 73.9 Å². The normalized spacial score (nSPS) is 24.3. The summed E-state index contributed by atoms with van der Waals surface area (Å²) in [5, 5.41) is 6.11. The van der Waals surface area contributed by atoms with Crippen molar-refractivity contribution in [2.24, 2.45) is 0 Å². The van der Waals surface area contributed by atoms with Gasteiger partial charge in [-0.3, -0.25) is 9.59 Å². The highest BCUT2D eigenvalue weighted by Gasteiger charge is 2.28. The van der Waals surface area contributed by atoms with Gasteiger partial charge in [0.2, 0.25) is 11.8 Å². The Bertz CT molecular complexity index is 643. The van der Waals surface area contributed by atoms with E-state index in [2.05, 4.69) is 22.6 Å². The van der Waals surface area contributed by atoms with Gasteiger partial charge in [0.25, 0.3) is 0 Å². The van der Waals surface area contributed by atoms with Gasteiger partial charge in [-0.25, -0.2) is 0 Å². The minimum absolute atomic E-state index is 0.111. The van der Waals surface area contributed by atoms with Crippen molar-refractivity contribution in [2.45, 2.75) is 25.5 Å². The van der Waals surface area contributed by atoms with E-state index in [9.17, 15) is 9.59 Å². The van der Waals surface area contributed by atoms with Crippen LogP contribution in [0, 0.1) is 0 Å². The number of piperazine rings is 1. The van der Waals surface area contributed by atoms with E-state index < -0.39 is 0 Å². The smallest absolute Gasteiger partial charge is 0.244 e. The van der Waals surface area contributed by atoms with Crippen LogP contribution in [0.4, 0.5) is 5.69 Å². The first-order valence-electron chi connectivity index (χ1n) is 9.24. The SMILES string of the molecule is C[C@H]1OCCN[C@@H]1C(=O)Nc1cccc(CC(=O)N2CCN(C)CC2)c1. The van der Waals surface area contributed by atoms with Crippen molar-refractivity contribution in [1.29, 1.82) is 0 Å². The summed E-state index contributed by atoms with van der Waals surface area (Å²) in [4.78, 5) is 29.1. The summed E-state index contributed by atoms with van der Waals surface area (Å²) in [6.07, 6.45) is 0.194. The van der Waals surface area contributed by atoms with Gasteiger partial charge in [-0.2, -0.15) is 0 Å². The van der Waals surface area contributed by atoms with Crippen LogP contribution >= 0.6 is 0 Å². The summed E-state index contributed by atoms with van der Waals surface area (Å²) in [5.74, 6) is 0.0253. The highest BCUT2D eigenvalue weighted by atomic mass is 16.5. The molecule has 26 heavy (non-hydrogen) atoms. The van der Waals surface area contributed by atoms with Crippen molar-refractivity contribution < 1.29 is 14.3 Å². The number of benzene rings is 1. The fourth-order valence-electron chi connectivity index (χ4n) is 3.35. The third-order valence-electron chi connectivity index (χ3n) is 5.00. The van der Waals surface area contributed by atoms with Gasteiger partial charge < -0.3 is 25.2 Å². The molecule has 0 aliphatic carbocycles. The van der Waals surface area contributed by atoms with Gasteiger partial charge >= 0.3 is 0 Å². The largest absolute Gasteiger partial charge is 0.375 e. The molecule has 7 heteroatoms. The van der Waals surface area contributed by atoms with Crippen molar-refractivity contribution in [2.75, 3.05) is 51.7 Å². The van der Waals surface area contributed by atoms with E-state index in [1.54, 1.807) is 0 Å². The quantitative estimate of drug-likeness (QED) is 0.809. The molecule has 0 bridgehead atoms. The lowest BCUT2D eigenvalue weighted by atomic mass is 10.1. The van der Waals surface area contributed by atoms with Crippen LogP contribution in [0.25, 0.3) is 0 Å². The van der Waals surface area contributed by atoms with Crippen molar-refractivity contribution in [1.82, 2.24) is 15.1 Å². The van der Waals surface area contributed by atoms with Crippen LogP contribution in [0.3, 0.4) is 0 Å². The summed E-state index contributed by atoms with van der Waals surface area (Å²) in [5.41, 5.74) is 1.62. The number of morpholine rings is 1. The number of carbonyl (C=O) groups excluding carboxylic acids is 2. The zero-order valence-electron chi connectivity index (χ0n) is 15.5. The maximum absolute atomic E-state index is 12.5. The Morgan fingerprint density at radius 2 is 2.04 bits per heavy atom.